The number of carbonyl (C=O) groups is 1. The molecule has 1 aromatic carbocycles. The number of rotatable bonds is 2. The Bertz CT molecular complexity index is 463. The fraction of sp³-hybridized carbons (Fsp3) is 0.500. The van der Waals surface area contributed by atoms with E-state index in [2.05, 4.69) is 11.0 Å². The first-order valence-electron chi connectivity index (χ1n) is 6.44. The molecule has 0 aromatic heterocycles. The monoisotopic (exact) mass is 265 g/mol. The summed E-state index contributed by atoms with van der Waals surface area (Å²) in [4.78, 5) is 14.0. The Hall–Kier alpha value is -1.22. The molecule has 2 aliphatic heterocycles. The van der Waals surface area contributed by atoms with Crippen LogP contribution in [0.1, 0.15) is 19.3 Å². The van der Waals surface area contributed by atoms with Gasteiger partial charge in [0.1, 0.15) is 0 Å². The van der Waals surface area contributed by atoms with Crippen LogP contribution in [0.15, 0.2) is 24.3 Å². The molecule has 2 heterocycles. The number of anilines is 1. The van der Waals surface area contributed by atoms with Crippen LogP contribution in [0.3, 0.4) is 0 Å². The number of hydrogen-bond acceptors (Lipinski definition) is 3. The smallest absolute Gasteiger partial charge is 0.311 e. The molecule has 3 nitrogen and oxygen atoms in total. The van der Waals surface area contributed by atoms with E-state index in [-0.39, 0.29) is 17.9 Å². The quantitative estimate of drug-likeness (QED) is 0.770. The molecule has 2 atom stereocenters. The maximum absolute atomic E-state index is 11.7. The van der Waals surface area contributed by atoms with Crippen molar-refractivity contribution >= 4 is 23.3 Å². The Kier molecular flexibility index (Phi) is 3.16. The van der Waals surface area contributed by atoms with Crippen LogP contribution >= 0.6 is 11.6 Å². The van der Waals surface area contributed by atoms with Crippen molar-refractivity contribution in [3.63, 3.8) is 0 Å². The van der Waals surface area contributed by atoms with Gasteiger partial charge in [-0.15, -0.1) is 0 Å². The summed E-state index contributed by atoms with van der Waals surface area (Å²) < 4.78 is 5.09. The SMILES string of the molecule is O=C1OCC[C@@H]1[C@H]1CCCN1c1cccc(Cl)c1. The van der Waals surface area contributed by atoms with Gasteiger partial charge in [-0.05, 0) is 37.5 Å². The number of carbonyl (C=O) groups excluding carboxylic acids is 1. The van der Waals surface area contributed by atoms with Crippen molar-refractivity contribution in [1.82, 2.24) is 0 Å². The Morgan fingerprint density at radius 2 is 2.22 bits per heavy atom. The third-order valence-corrected chi connectivity index (χ3v) is 4.11. The molecule has 2 aliphatic rings. The normalized spacial score (nSPS) is 27.6. The zero-order valence-corrected chi connectivity index (χ0v) is 10.9. The lowest BCUT2D eigenvalue weighted by Gasteiger charge is -2.29. The average Bonchev–Trinajstić information content (AvgIpc) is 2.96. The predicted octanol–water partition coefficient (Wildman–Crippen LogP) is 2.87. The second-order valence-electron chi connectivity index (χ2n) is 4.95. The van der Waals surface area contributed by atoms with E-state index < -0.39 is 0 Å². The molecule has 0 spiro atoms. The van der Waals surface area contributed by atoms with Gasteiger partial charge in [0.2, 0.25) is 0 Å². The molecule has 2 fully saturated rings. The van der Waals surface area contributed by atoms with Gasteiger partial charge >= 0.3 is 5.97 Å². The summed E-state index contributed by atoms with van der Waals surface area (Å²) >= 11 is 6.04. The minimum Gasteiger partial charge on any atom is -0.465 e. The highest BCUT2D eigenvalue weighted by Crippen LogP contribution is 2.34. The molecule has 96 valence electrons. The van der Waals surface area contributed by atoms with Gasteiger partial charge in [-0.25, -0.2) is 0 Å². The van der Waals surface area contributed by atoms with E-state index in [9.17, 15) is 4.79 Å². The Morgan fingerprint density at radius 1 is 1.33 bits per heavy atom. The van der Waals surface area contributed by atoms with Crippen LogP contribution in [-0.4, -0.2) is 25.2 Å². The molecular formula is C14H16ClNO2. The van der Waals surface area contributed by atoms with Crippen LogP contribution in [0.4, 0.5) is 5.69 Å². The van der Waals surface area contributed by atoms with Crippen molar-refractivity contribution in [2.45, 2.75) is 25.3 Å². The van der Waals surface area contributed by atoms with Crippen molar-refractivity contribution in [1.29, 1.82) is 0 Å². The average molecular weight is 266 g/mol. The van der Waals surface area contributed by atoms with Crippen LogP contribution < -0.4 is 4.90 Å². The van der Waals surface area contributed by atoms with Crippen molar-refractivity contribution in [3.05, 3.63) is 29.3 Å². The van der Waals surface area contributed by atoms with E-state index in [1.165, 1.54) is 0 Å². The van der Waals surface area contributed by atoms with Crippen molar-refractivity contribution in [3.8, 4) is 0 Å². The fourth-order valence-corrected chi connectivity index (χ4v) is 3.23. The highest BCUT2D eigenvalue weighted by Gasteiger charge is 2.39. The summed E-state index contributed by atoms with van der Waals surface area (Å²) in [6.45, 7) is 1.57. The largest absolute Gasteiger partial charge is 0.465 e. The maximum Gasteiger partial charge on any atom is 0.311 e. The lowest BCUT2D eigenvalue weighted by molar-refractivity contribution is -0.141. The van der Waals surface area contributed by atoms with Gasteiger partial charge in [0.05, 0.1) is 12.5 Å². The minimum absolute atomic E-state index is 0.0334. The molecule has 2 saturated heterocycles. The van der Waals surface area contributed by atoms with Crippen LogP contribution in [0.2, 0.25) is 5.02 Å². The van der Waals surface area contributed by atoms with E-state index in [4.69, 9.17) is 16.3 Å². The van der Waals surface area contributed by atoms with Gasteiger partial charge in [0.15, 0.2) is 0 Å². The van der Waals surface area contributed by atoms with E-state index in [1.54, 1.807) is 0 Å². The fourth-order valence-electron chi connectivity index (χ4n) is 3.05. The molecule has 3 rings (SSSR count). The minimum atomic E-state index is -0.0334. The first-order valence-corrected chi connectivity index (χ1v) is 6.82. The lowest BCUT2D eigenvalue weighted by atomic mass is 9.96. The van der Waals surface area contributed by atoms with E-state index >= 15 is 0 Å². The van der Waals surface area contributed by atoms with Crippen LogP contribution in [0.5, 0.6) is 0 Å². The van der Waals surface area contributed by atoms with Gasteiger partial charge in [-0.3, -0.25) is 4.79 Å². The molecule has 1 aromatic rings. The number of nitrogens with zero attached hydrogens (tertiary/aromatic N) is 1. The van der Waals surface area contributed by atoms with Gasteiger partial charge in [-0.1, -0.05) is 17.7 Å². The lowest BCUT2D eigenvalue weighted by Crippen LogP contribution is -2.37. The van der Waals surface area contributed by atoms with Gasteiger partial charge in [0.25, 0.3) is 0 Å². The van der Waals surface area contributed by atoms with Crippen molar-refractivity contribution < 1.29 is 9.53 Å². The van der Waals surface area contributed by atoms with Crippen LogP contribution in [0.25, 0.3) is 0 Å². The molecule has 0 radical (unpaired) electrons. The van der Waals surface area contributed by atoms with Crippen molar-refractivity contribution in [2.24, 2.45) is 5.92 Å². The van der Waals surface area contributed by atoms with Gasteiger partial charge in [-0.2, -0.15) is 0 Å². The molecule has 0 bridgehead atoms. The summed E-state index contributed by atoms with van der Waals surface area (Å²) in [5.74, 6) is 0.000379. The molecule has 0 saturated carbocycles. The first kappa shape index (κ1) is 11.8. The highest BCUT2D eigenvalue weighted by molar-refractivity contribution is 6.30. The topological polar surface area (TPSA) is 29.5 Å². The summed E-state index contributed by atoms with van der Waals surface area (Å²) in [6, 6.07) is 8.14. The molecule has 0 N–H and O–H groups in total. The molecule has 0 amide bonds. The Morgan fingerprint density at radius 3 is 2.94 bits per heavy atom. The molecule has 0 aliphatic carbocycles. The van der Waals surface area contributed by atoms with Crippen molar-refractivity contribution in [2.75, 3.05) is 18.1 Å². The Balaban J connectivity index is 1.85. The number of ether oxygens (including phenoxy) is 1. The Labute approximate surface area is 112 Å². The zero-order valence-electron chi connectivity index (χ0n) is 10.1. The highest BCUT2D eigenvalue weighted by atomic mass is 35.5. The summed E-state index contributed by atoms with van der Waals surface area (Å²) in [7, 11) is 0. The number of halogens is 1. The maximum atomic E-state index is 11.7. The van der Waals surface area contributed by atoms with Crippen LogP contribution in [0, 0.1) is 5.92 Å². The van der Waals surface area contributed by atoms with E-state index in [1.807, 2.05) is 18.2 Å². The van der Waals surface area contributed by atoms with E-state index in [0.717, 1.165) is 36.5 Å². The summed E-state index contributed by atoms with van der Waals surface area (Å²) in [5.41, 5.74) is 1.12. The van der Waals surface area contributed by atoms with Crippen LogP contribution in [-0.2, 0) is 9.53 Å². The summed E-state index contributed by atoms with van der Waals surface area (Å²) in [5, 5.41) is 0.743. The standard InChI is InChI=1S/C14H16ClNO2/c15-10-3-1-4-11(9-10)16-7-2-5-13(16)12-6-8-18-14(12)17/h1,3-4,9,12-13H,2,5-8H2/t12-,13-/m1/s1. The second kappa shape index (κ2) is 4.81. The van der Waals surface area contributed by atoms with Gasteiger partial charge < -0.3 is 9.64 Å². The number of hydrogen-bond donors (Lipinski definition) is 0. The van der Waals surface area contributed by atoms with Gasteiger partial charge in [0, 0.05) is 23.3 Å². The number of cyclic esters (lactones) is 1. The molecular weight excluding hydrogens is 250 g/mol. The number of benzene rings is 1. The molecule has 0 unspecified atom stereocenters. The second-order valence-corrected chi connectivity index (χ2v) is 5.38. The molecule has 18 heavy (non-hydrogen) atoms. The zero-order chi connectivity index (χ0) is 12.5. The summed E-state index contributed by atoms with van der Waals surface area (Å²) in [6.07, 6.45) is 3.04. The third kappa shape index (κ3) is 2.07. The number of esters is 1. The third-order valence-electron chi connectivity index (χ3n) is 3.88. The first-order chi connectivity index (χ1) is 8.75. The van der Waals surface area contributed by atoms with E-state index in [0.29, 0.717) is 6.61 Å². The predicted molar refractivity (Wildman–Crippen MR) is 70.9 cm³/mol. The molecule has 4 heteroatoms.